The molecule has 0 aliphatic heterocycles. The normalized spacial score (nSPS) is 12.9. The van der Waals surface area contributed by atoms with Crippen LogP contribution in [0.2, 0.25) is 0 Å². The van der Waals surface area contributed by atoms with Gasteiger partial charge in [0.05, 0.1) is 44.1 Å². The molecule has 0 N–H and O–H groups in total. The van der Waals surface area contributed by atoms with E-state index in [0.29, 0.717) is 0 Å². The van der Waals surface area contributed by atoms with E-state index in [1.807, 2.05) is 22.7 Å². The maximum Gasteiger partial charge on any atom is 0.0544 e. The van der Waals surface area contributed by atoms with Gasteiger partial charge in [0.15, 0.2) is 0 Å². The first kappa shape index (κ1) is 108. The summed E-state index contributed by atoms with van der Waals surface area (Å²) in [7, 11) is 0. The zero-order chi connectivity index (χ0) is 108. The molecule has 0 amide bonds. The number of para-hydroxylation sites is 4. The van der Waals surface area contributed by atoms with E-state index in [-0.39, 0.29) is 65.0 Å². The summed E-state index contributed by atoms with van der Waals surface area (Å²) >= 11 is 3.81. The summed E-state index contributed by atoms with van der Waals surface area (Å²) in [4.78, 5) is 0. The van der Waals surface area contributed by atoms with Crippen molar-refractivity contribution in [3.63, 3.8) is 0 Å². The fourth-order valence-corrected chi connectivity index (χ4v) is 23.1. The minimum absolute atomic E-state index is 0.0903. The van der Waals surface area contributed by atoms with Gasteiger partial charge in [0, 0.05) is 106 Å². The Morgan fingerprint density at radius 3 is 0.633 bits per heavy atom. The zero-order valence-corrected chi connectivity index (χ0v) is 98.6. The quantitative estimate of drug-likeness (QED) is 0.167. The van der Waals surface area contributed by atoms with Crippen molar-refractivity contribution in [1.29, 1.82) is 0 Å². The third kappa shape index (κ3) is 22.6. The predicted octanol–water partition coefficient (Wildman–Crippen LogP) is 42.8. The van der Waals surface area contributed by atoms with Gasteiger partial charge < -0.3 is 18.3 Å². The standard InChI is InChI=1S/4C26H29N.2C20H24S/c1-25(2,3)18-15-16-22-20(17-18)24-21(26(4,5)6)13-10-14-23(24)27(22)19-11-8-7-9-12-19;1-25(2,3)18-13-15-23-22(16-18)21-14-12-19(26(4,5)6)17-24(21)27(23)20-10-8-7-9-11-20;1-25(2,3)18-12-14-23-21(16-18)22-17-19(26(4,5)6)13-15-24(22)27(23)20-10-8-7-9-11-20;1-25(2,3)18-12-14-21-22-15-13-19(26(4,5)6)17-24(22)27(23(21)16-18)20-10-8-7-9-11-20;1-19(2,3)13-8-10-17-16(11-13)15-9-7-14(20(4,5)6)12-18(15)21-17;1-19(2,3)13-7-9-17-15(11-13)16-12-14(20(4,5)6)8-10-18(16)21-17/h4*7-17H,1-6H3;2*7-12H,1-6H3. The molecular weight excluding hydrogens is 1850 g/mol. The summed E-state index contributed by atoms with van der Waals surface area (Å²) in [6, 6.07) is 126. The Bertz CT molecular complexity index is 8430. The van der Waals surface area contributed by atoms with Gasteiger partial charge in [0.2, 0.25) is 0 Å². The molecule has 6 heterocycles. The van der Waals surface area contributed by atoms with Gasteiger partial charge in [0.25, 0.3) is 0 Å². The molecule has 6 heteroatoms. The van der Waals surface area contributed by atoms with E-state index < -0.39 is 0 Å². The van der Waals surface area contributed by atoms with Crippen LogP contribution in [0.25, 0.3) is 150 Å². The van der Waals surface area contributed by atoms with Crippen LogP contribution >= 0.6 is 22.7 Å². The highest BCUT2D eigenvalue weighted by Crippen LogP contribution is 2.48. The molecule has 22 aromatic rings. The van der Waals surface area contributed by atoms with Crippen molar-refractivity contribution in [1.82, 2.24) is 18.3 Å². The Labute approximate surface area is 905 Å². The molecule has 22 rings (SSSR count). The van der Waals surface area contributed by atoms with Gasteiger partial charge in [-0.3, -0.25) is 0 Å². The van der Waals surface area contributed by atoms with Gasteiger partial charge in [-0.1, -0.05) is 425 Å². The highest BCUT2D eigenvalue weighted by molar-refractivity contribution is 7.26. The lowest BCUT2D eigenvalue weighted by molar-refractivity contribution is 0.590. The smallest absolute Gasteiger partial charge is 0.0544 e. The van der Waals surface area contributed by atoms with E-state index in [1.54, 1.807) is 0 Å². The summed E-state index contributed by atoms with van der Waals surface area (Å²) in [6.07, 6.45) is 0. The van der Waals surface area contributed by atoms with Crippen molar-refractivity contribution in [2.45, 2.75) is 314 Å². The SMILES string of the molecule is CC(C)(C)c1ccc2c(c1)c1c(C(C)(C)C)cccc1n2-c1ccccc1.CC(C)(C)c1ccc2c(c1)c1cc(C(C)(C)C)ccc1n2-c1ccccc1.CC(C)(C)c1ccc2c(c1)c1ccc(C(C)(C)C)cc1n2-c1ccccc1.CC(C)(C)c1ccc2c(c1)sc1ccc(C(C)(C)C)cc12.CC(C)(C)c1ccc2c3ccc(C(C)(C)C)cc3n(-c3ccccc3)c2c1.CC(C)(C)c1ccc2sc3ccc(C(C)(C)C)cc3c2c1. The highest BCUT2D eigenvalue weighted by atomic mass is 32.1. The second kappa shape index (κ2) is 40.1. The number of benzene rings is 16. The first-order valence-corrected chi connectivity index (χ1v) is 56.1. The Morgan fingerprint density at radius 2 is 0.340 bits per heavy atom. The number of thiophene rings is 2. The third-order valence-corrected chi connectivity index (χ3v) is 32.7. The van der Waals surface area contributed by atoms with E-state index in [9.17, 15) is 0 Å². The molecule has 150 heavy (non-hydrogen) atoms. The lowest BCUT2D eigenvalue weighted by Gasteiger charge is -2.21. The van der Waals surface area contributed by atoms with Crippen LogP contribution in [0.15, 0.2) is 340 Å². The Hall–Kier alpha value is -12.8. The number of aromatic nitrogens is 4. The molecule has 0 radical (unpaired) electrons. The molecule has 0 atom stereocenters. The summed E-state index contributed by atoms with van der Waals surface area (Å²) in [6.45, 7) is 82.2. The highest BCUT2D eigenvalue weighted by Gasteiger charge is 2.31. The first-order valence-electron chi connectivity index (χ1n) is 54.5. The number of fused-ring (bicyclic) bond motifs is 18. The van der Waals surface area contributed by atoms with E-state index in [4.69, 9.17) is 0 Å². The Morgan fingerprint density at radius 1 is 0.133 bits per heavy atom. The summed E-state index contributed by atoms with van der Waals surface area (Å²) < 4.78 is 15.2. The van der Waals surface area contributed by atoms with Crippen LogP contribution in [-0.2, 0) is 65.0 Å². The molecule has 0 aliphatic rings. The second-order valence-electron chi connectivity index (χ2n) is 54.6. The molecule has 0 aliphatic carbocycles. The van der Waals surface area contributed by atoms with E-state index in [2.05, 4.69) is 607 Å². The van der Waals surface area contributed by atoms with Crippen LogP contribution in [0, 0.1) is 0 Å². The number of hydrogen-bond donors (Lipinski definition) is 0. The van der Waals surface area contributed by atoms with Gasteiger partial charge in [-0.05, 0) is 296 Å². The van der Waals surface area contributed by atoms with E-state index >= 15 is 0 Å². The molecule has 6 aromatic heterocycles. The Balaban J connectivity index is 0.000000123. The minimum Gasteiger partial charge on any atom is -0.309 e. The third-order valence-electron chi connectivity index (χ3n) is 30.4. The van der Waals surface area contributed by atoms with Crippen LogP contribution in [0.1, 0.15) is 316 Å². The van der Waals surface area contributed by atoms with Crippen molar-refractivity contribution in [2.24, 2.45) is 0 Å². The van der Waals surface area contributed by atoms with E-state index in [1.165, 1.54) is 217 Å². The van der Waals surface area contributed by atoms with Crippen molar-refractivity contribution >= 4 is 150 Å². The van der Waals surface area contributed by atoms with Crippen molar-refractivity contribution in [2.75, 3.05) is 0 Å². The molecule has 0 fully saturated rings. The van der Waals surface area contributed by atoms with Crippen LogP contribution in [0.5, 0.6) is 0 Å². The number of hydrogen-bond acceptors (Lipinski definition) is 2. The van der Waals surface area contributed by atoms with Crippen LogP contribution in [-0.4, -0.2) is 18.3 Å². The molecule has 16 aromatic carbocycles. The second-order valence-corrected chi connectivity index (χ2v) is 56.7. The average Bonchev–Trinajstić information content (AvgIpc) is 1.58. The van der Waals surface area contributed by atoms with Gasteiger partial charge in [-0.25, -0.2) is 0 Å². The first-order chi connectivity index (χ1) is 70.0. The molecule has 0 saturated heterocycles. The lowest BCUT2D eigenvalue weighted by Crippen LogP contribution is -2.12. The molecule has 0 saturated carbocycles. The molecule has 4 nitrogen and oxygen atoms in total. The number of rotatable bonds is 4. The van der Waals surface area contributed by atoms with Crippen molar-refractivity contribution in [3.05, 3.63) is 406 Å². The van der Waals surface area contributed by atoms with Gasteiger partial charge in [-0.15, -0.1) is 22.7 Å². The summed E-state index contributed by atoms with van der Waals surface area (Å²) in [5.41, 5.74) is 33.6. The molecule has 0 unspecified atom stereocenters. The monoisotopic (exact) mass is 2010 g/mol. The predicted molar refractivity (Wildman–Crippen MR) is 666 cm³/mol. The van der Waals surface area contributed by atoms with Gasteiger partial charge >= 0.3 is 0 Å². The summed E-state index contributed by atoms with van der Waals surface area (Å²) in [5.74, 6) is 0. The van der Waals surface area contributed by atoms with Gasteiger partial charge in [-0.2, -0.15) is 0 Å². The largest absolute Gasteiger partial charge is 0.309 e. The average molecular weight is 2020 g/mol. The summed E-state index contributed by atoms with van der Waals surface area (Å²) in [5, 5.41) is 16.3. The maximum absolute atomic E-state index is 2.43. The van der Waals surface area contributed by atoms with Crippen molar-refractivity contribution in [3.8, 4) is 22.7 Å². The maximum atomic E-state index is 2.43. The molecule has 772 valence electrons. The van der Waals surface area contributed by atoms with Crippen LogP contribution < -0.4 is 0 Å². The minimum atomic E-state index is 0.0903. The Kier molecular flexibility index (Phi) is 29.0. The fourth-order valence-electron chi connectivity index (χ4n) is 20.9. The molecule has 0 bridgehead atoms. The van der Waals surface area contributed by atoms with Crippen LogP contribution in [0.4, 0.5) is 0 Å². The molecular formula is C144H164N4S2. The number of nitrogens with zero attached hydrogens (tertiary/aromatic N) is 4. The zero-order valence-electron chi connectivity index (χ0n) is 96.9. The van der Waals surface area contributed by atoms with Crippen molar-refractivity contribution < 1.29 is 0 Å². The van der Waals surface area contributed by atoms with E-state index in [0.717, 1.165) is 0 Å². The van der Waals surface area contributed by atoms with Gasteiger partial charge in [0.1, 0.15) is 0 Å². The fraction of sp³-hybridized carbons (Fsp3) is 0.333. The molecule has 0 spiro atoms. The topological polar surface area (TPSA) is 19.7 Å². The van der Waals surface area contributed by atoms with Crippen LogP contribution in [0.3, 0.4) is 0 Å². The lowest BCUT2D eigenvalue weighted by atomic mass is 9.83.